The molecule has 2 aliphatic heterocycles. The molecule has 2 fully saturated rings. The topological polar surface area (TPSA) is 38.8 Å². The van der Waals surface area contributed by atoms with Gasteiger partial charge in [-0.1, -0.05) is 30.3 Å². The van der Waals surface area contributed by atoms with Crippen molar-refractivity contribution in [2.75, 3.05) is 26.8 Å². The van der Waals surface area contributed by atoms with Crippen LogP contribution < -0.4 is 0 Å². The third-order valence-electron chi connectivity index (χ3n) is 5.02. The summed E-state index contributed by atoms with van der Waals surface area (Å²) in [5, 5.41) is 2.25. The Labute approximate surface area is 136 Å². The monoisotopic (exact) mass is 311 g/mol. The maximum absolute atomic E-state index is 12.7. The van der Waals surface area contributed by atoms with Crippen molar-refractivity contribution in [1.82, 2.24) is 4.90 Å². The first-order valence-corrected chi connectivity index (χ1v) is 8.14. The number of benzene rings is 2. The summed E-state index contributed by atoms with van der Waals surface area (Å²) >= 11 is 0. The molecule has 4 rings (SSSR count). The molecule has 2 saturated heterocycles. The highest BCUT2D eigenvalue weighted by Gasteiger charge is 2.49. The zero-order valence-corrected chi connectivity index (χ0v) is 13.3. The van der Waals surface area contributed by atoms with Gasteiger partial charge in [-0.2, -0.15) is 0 Å². The lowest BCUT2D eigenvalue weighted by Crippen LogP contribution is -2.67. The highest BCUT2D eigenvalue weighted by Crippen LogP contribution is 2.36. The maximum atomic E-state index is 12.7. The van der Waals surface area contributed by atoms with E-state index in [1.807, 2.05) is 41.3 Å². The summed E-state index contributed by atoms with van der Waals surface area (Å²) in [4.78, 5) is 14.6. The van der Waals surface area contributed by atoms with Crippen LogP contribution in [0.2, 0.25) is 0 Å². The van der Waals surface area contributed by atoms with Gasteiger partial charge in [-0.05, 0) is 29.3 Å². The summed E-state index contributed by atoms with van der Waals surface area (Å²) in [5.41, 5.74) is 0.559. The molecule has 4 heteroatoms. The van der Waals surface area contributed by atoms with Crippen molar-refractivity contribution < 1.29 is 14.3 Å². The van der Waals surface area contributed by atoms with Crippen LogP contribution in [0.4, 0.5) is 0 Å². The fourth-order valence-electron chi connectivity index (χ4n) is 3.70. The van der Waals surface area contributed by atoms with E-state index in [9.17, 15) is 4.79 Å². The van der Waals surface area contributed by atoms with E-state index in [2.05, 4.69) is 6.07 Å². The molecule has 120 valence electrons. The number of methoxy groups -OCH3 is 1. The van der Waals surface area contributed by atoms with Crippen molar-refractivity contribution in [3.05, 3.63) is 48.0 Å². The van der Waals surface area contributed by atoms with Gasteiger partial charge in [-0.3, -0.25) is 4.79 Å². The van der Waals surface area contributed by atoms with Crippen molar-refractivity contribution in [2.45, 2.75) is 24.5 Å². The third kappa shape index (κ3) is 2.62. The molecule has 2 aliphatic rings. The standard InChI is InChI=1S/C19H21NO3/c1-22-17-8-9-23-19(11-17)12-20(13-19)18(21)16-7-6-14-4-2-3-5-15(14)10-16/h2-7,10,17H,8-9,11-13H2,1H3/t17-/m1/s1. The average Bonchev–Trinajstić information content (AvgIpc) is 2.58. The van der Waals surface area contributed by atoms with Gasteiger partial charge >= 0.3 is 0 Å². The first kappa shape index (κ1) is 14.7. The lowest BCUT2D eigenvalue weighted by atomic mass is 9.84. The van der Waals surface area contributed by atoms with Crippen LogP contribution in [0, 0.1) is 0 Å². The van der Waals surface area contributed by atoms with Crippen molar-refractivity contribution in [3.8, 4) is 0 Å². The Morgan fingerprint density at radius 2 is 2.00 bits per heavy atom. The minimum Gasteiger partial charge on any atom is -0.381 e. The summed E-state index contributed by atoms with van der Waals surface area (Å²) in [5.74, 6) is 0.0875. The van der Waals surface area contributed by atoms with E-state index in [0.29, 0.717) is 13.1 Å². The molecular weight excluding hydrogens is 290 g/mol. The van der Waals surface area contributed by atoms with Crippen LogP contribution in [0.5, 0.6) is 0 Å². The van der Waals surface area contributed by atoms with Gasteiger partial charge in [0.25, 0.3) is 5.91 Å². The van der Waals surface area contributed by atoms with Gasteiger partial charge in [0.15, 0.2) is 0 Å². The predicted molar refractivity (Wildman–Crippen MR) is 88.6 cm³/mol. The van der Waals surface area contributed by atoms with Crippen molar-refractivity contribution in [3.63, 3.8) is 0 Å². The quantitative estimate of drug-likeness (QED) is 0.856. The van der Waals surface area contributed by atoms with E-state index in [4.69, 9.17) is 9.47 Å². The normalized spacial score (nSPS) is 23.0. The fraction of sp³-hybridized carbons (Fsp3) is 0.421. The maximum Gasteiger partial charge on any atom is 0.254 e. The number of ether oxygens (including phenoxy) is 2. The molecule has 0 bridgehead atoms. The van der Waals surface area contributed by atoms with Gasteiger partial charge in [0, 0.05) is 25.7 Å². The van der Waals surface area contributed by atoms with Gasteiger partial charge in [-0.15, -0.1) is 0 Å². The molecule has 23 heavy (non-hydrogen) atoms. The number of carbonyl (C=O) groups is 1. The lowest BCUT2D eigenvalue weighted by molar-refractivity contribution is -0.181. The highest BCUT2D eigenvalue weighted by molar-refractivity contribution is 5.99. The van der Waals surface area contributed by atoms with E-state index in [0.717, 1.165) is 35.8 Å². The summed E-state index contributed by atoms with van der Waals surface area (Å²) in [6.45, 7) is 2.05. The summed E-state index contributed by atoms with van der Waals surface area (Å²) in [6.07, 6.45) is 2.07. The van der Waals surface area contributed by atoms with Crippen molar-refractivity contribution in [2.24, 2.45) is 0 Å². The number of amides is 1. The second-order valence-electron chi connectivity index (χ2n) is 6.61. The minimum absolute atomic E-state index is 0.0875. The predicted octanol–water partition coefficient (Wildman–Crippen LogP) is 2.86. The van der Waals surface area contributed by atoms with E-state index < -0.39 is 0 Å². The highest BCUT2D eigenvalue weighted by atomic mass is 16.5. The Bertz CT molecular complexity index is 736. The first-order valence-electron chi connectivity index (χ1n) is 8.14. The number of nitrogens with zero attached hydrogens (tertiary/aromatic N) is 1. The van der Waals surface area contributed by atoms with Gasteiger partial charge < -0.3 is 14.4 Å². The lowest BCUT2D eigenvalue weighted by Gasteiger charge is -2.52. The number of fused-ring (bicyclic) bond motifs is 1. The second-order valence-corrected chi connectivity index (χ2v) is 6.61. The zero-order valence-electron chi connectivity index (χ0n) is 13.3. The van der Waals surface area contributed by atoms with Crippen LogP contribution in [0.15, 0.2) is 42.5 Å². The van der Waals surface area contributed by atoms with Crippen LogP contribution in [0.3, 0.4) is 0 Å². The number of likely N-dealkylation sites (tertiary alicyclic amines) is 1. The minimum atomic E-state index is -0.189. The van der Waals surface area contributed by atoms with E-state index in [1.165, 1.54) is 0 Å². The largest absolute Gasteiger partial charge is 0.381 e. The van der Waals surface area contributed by atoms with Crippen LogP contribution in [-0.2, 0) is 9.47 Å². The number of hydrogen-bond donors (Lipinski definition) is 0. The molecule has 0 N–H and O–H groups in total. The van der Waals surface area contributed by atoms with E-state index >= 15 is 0 Å². The smallest absolute Gasteiger partial charge is 0.254 e. The molecule has 0 radical (unpaired) electrons. The summed E-state index contributed by atoms with van der Waals surface area (Å²) in [7, 11) is 1.75. The first-order chi connectivity index (χ1) is 11.2. The molecule has 1 amide bonds. The molecule has 0 saturated carbocycles. The number of rotatable bonds is 2. The molecule has 0 unspecified atom stereocenters. The van der Waals surface area contributed by atoms with Crippen LogP contribution in [0.1, 0.15) is 23.2 Å². The molecule has 1 atom stereocenters. The second kappa shape index (κ2) is 5.62. The Balaban J connectivity index is 1.48. The van der Waals surface area contributed by atoms with Crippen LogP contribution in [-0.4, -0.2) is 49.3 Å². The van der Waals surface area contributed by atoms with Crippen molar-refractivity contribution >= 4 is 16.7 Å². The molecule has 4 nitrogen and oxygen atoms in total. The van der Waals surface area contributed by atoms with Gasteiger partial charge in [0.2, 0.25) is 0 Å². The molecule has 2 heterocycles. The van der Waals surface area contributed by atoms with E-state index in [-0.39, 0.29) is 17.6 Å². The number of carbonyl (C=O) groups excluding carboxylic acids is 1. The van der Waals surface area contributed by atoms with Gasteiger partial charge in [-0.25, -0.2) is 0 Å². The van der Waals surface area contributed by atoms with Crippen LogP contribution >= 0.6 is 0 Å². The molecule has 2 aromatic rings. The molecule has 0 aromatic heterocycles. The Kier molecular flexibility index (Phi) is 3.58. The van der Waals surface area contributed by atoms with Gasteiger partial charge in [0.1, 0.15) is 5.60 Å². The molecular formula is C19H21NO3. The number of hydrogen-bond acceptors (Lipinski definition) is 3. The van der Waals surface area contributed by atoms with Crippen molar-refractivity contribution in [1.29, 1.82) is 0 Å². The fourth-order valence-corrected chi connectivity index (χ4v) is 3.70. The summed E-state index contributed by atoms with van der Waals surface area (Å²) < 4.78 is 11.4. The zero-order chi connectivity index (χ0) is 15.9. The molecule has 1 spiro atoms. The summed E-state index contributed by atoms with van der Waals surface area (Å²) in [6, 6.07) is 14.0. The third-order valence-corrected chi connectivity index (χ3v) is 5.02. The van der Waals surface area contributed by atoms with Gasteiger partial charge in [0.05, 0.1) is 19.2 Å². The molecule has 0 aliphatic carbocycles. The Morgan fingerprint density at radius 1 is 1.22 bits per heavy atom. The van der Waals surface area contributed by atoms with Crippen LogP contribution in [0.25, 0.3) is 10.8 Å². The average molecular weight is 311 g/mol. The Morgan fingerprint density at radius 3 is 2.78 bits per heavy atom. The van der Waals surface area contributed by atoms with E-state index in [1.54, 1.807) is 7.11 Å². The SMILES string of the molecule is CO[C@@H]1CCOC2(C1)CN(C(=O)c1ccc3ccccc3c1)C2. The molecule has 2 aromatic carbocycles. The Hall–Kier alpha value is -1.91.